The van der Waals surface area contributed by atoms with Gasteiger partial charge < -0.3 is 9.42 Å². The second kappa shape index (κ2) is 5.61. The van der Waals surface area contributed by atoms with Crippen molar-refractivity contribution in [3.8, 4) is 6.07 Å². The molecule has 2 heterocycles. The third-order valence-electron chi connectivity index (χ3n) is 4.00. The van der Waals surface area contributed by atoms with Crippen LogP contribution in [0.25, 0.3) is 0 Å². The van der Waals surface area contributed by atoms with Gasteiger partial charge in [0.2, 0.25) is 0 Å². The summed E-state index contributed by atoms with van der Waals surface area (Å²) >= 11 is 0. The Morgan fingerprint density at radius 2 is 2.13 bits per heavy atom. The minimum absolute atomic E-state index is 0.110. The van der Waals surface area contributed by atoms with Crippen LogP contribution in [0.4, 0.5) is 18.9 Å². The fraction of sp³-hybridized carbons (Fsp3) is 0.375. The summed E-state index contributed by atoms with van der Waals surface area (Å²) in [5.74, 6) is 0.669. The maximum absolute atomic E-state index is 13.1. The predicted molar refractivity (Wildman–Crippen MR) is 76.7 cm³/mol. The predicted octanol–water partition coefficient (Wildman–Crippen LogP) is 4.22. The highest BCUT2D eigenvalue weighted by Gasteiger charge is 2.36. The van der Waals surface area contributed by atoms with Crippen molar-refractivity contribution in [2.45, 2.75) is 32.0 Å². The number of hydrogen-bond donors (Lipinski definition) is 0. The Kier molecular flexibility index (Phi) is 3.76. The molecule has 0 aliphatic carbocycles. The standard InChI is InChI=1S/C16H14F3N3O/c1-10-7-14(21-23-10)15-3-2-6-22(15)12-5-4-11(9-20)13(8-12)16(17,18)19/h4-5,7-8,15H,2-3,6H2,1H3/t15-/m0/s1. The maximum atomic E-state index is 13.1. The zero-order chi connectivity index (χ0) is 16.6. The largest absolute Gasteiger partial charge is 0.417 e. The van der Waals surface area contributed by atoms with Crippen LogP contribution in [0.5, 0.6) is 0 Å². The van der Waals surface area contributed by atoms with Crippen LogP contribution >= 0.6 is 0 Å². The number of aryl methyl sites for hydroxylation is 1. The lowest BCUT2D eigenvalue weighted by atomic mass is 10.1. The number of halogens is 3. The Labute approximate surface area is 131 Å². The van der Waals surface area contributed by atoms with Gasteiger partial charge in [0.1, 0.15) is 11.5 Å². The van der Waals surface area contributed by atoms with Crippen molar-refractivity contribution in [1.82, 2.24) is 5.16 Å². The average molecular weight is 321 g/mol. The van der Waals surface area contributed by atoms with Crippen LogP contribution in [-0.4, -0.2) is 11.7 Å². The van der Waals surface area contributed by atoms with Crippen molar-refractivity contribution >= 4 is 5.69 Å². The van der Waals surface area contributed by atoms with Gasteiger partial charge in [0.15, 0.2) is 0 Å². The minimum Gasteiger partial charge on any atom is -0.363 e. The molecule has 2 aromatic rings. The molecule has 1 atom stereocenters. The lowest BCUT2D eigenvalue weighted by Gasteiger charge is -2.26. The number of hydrogen-bond acceptors (Lipinski definition) is 4. The number of nitriles is 1. The summed E-state index contributed by atoms with van der Waals surface area (Å²) < 4.78 is 44.5. The number of benzene rings is 1. The molecule has 1 aromatic heterocycles. The van der Waals surface area contributed by atoms with E-state index in [1.54, 1.807) is 25.1 Å². The Morgan fingerprint density at radius 3 is 2.74 bits per heavy atom. The molecular weight excluding hydrogens is 307 g/mol. The van der Waals surface area contributed by atoms with E-state index in [0.717, 1.165) is 24.6 Å². The molecule has 23 heavy (non-hydrogen) atoms. The van der Waals surface area contributed by atoms with Crippen LogP contribution in [0.2, 0.25) is 0 Å². The van der Waals surface area contributed by atoms with Gasteiger partial charge in [0.05, 0.1) is 23.2 Å². The zero-order valence-corrected chi connectivity index (χ0v) is 12.4. The highest BCUT2D eigenvalue weighted by molar-refractivity contribution is 5.56. The first-order chi connectivity index (χ1) is 10.9. The van der Waals surface area contributed by atoms with Crippen molar-refractivity contribution in [3.63, 3.8) is 0 Å². The van der Waals surface area contributed by atoms with Crippen molar-refractivity contribution in [2.24, 2.45) is 0 Å². The molecule has 0 saturated carbocycles. The van der Waals surface area contributed by atoms with E-state index in [1.807, 2.05) is 4.90 Å². The van der Waals surface area contributed by atoms with Crippen molar-refractivity contribution < 1.29 is 17.7 Å². The van der Waals surface area contributed by atoms with E-state index in [1.165, 1.54) is 6.07 Å². The number of rotatable bonds is 2. The number of nitrogens with zero attached hydrogens (tertiary/aromatic N) is 3. The molecule has 0 amide bonds. The van der Waals surface area contributed by atoms with Gasteiger partial charge >= 0.3 is 6.18 Å². The topological polar surface area (TPSA) is 53.1 Å². The second-order valence-corrected chi connectivity index (χ2v) is 5.55. The van der Waals surface area contributed by atoms with E-state index in [-0.39, 0.29) is 11.6 Å². The van der Waals surface area contributed by atoms with Crippen LogP contribution in [0, 0.1) is 18.3 Å². The third-order valence-corrected chi connectivity index (χ3v) is 4.00. The molecule has 3 rings (SSSR count). The summed E-state index contributed by atoms with van der Waals surface area (Å²) in [6, 6.07) is 7.12. The van der Waals surface area contributed by atoms with Crippen molar-refractivity contribution in [3.05, 3.63) is 46.8 Å². The molecule has 0 unspecified atom stereocenters. The van der Waals surface area contributed by atoms with E-state index < -0.39 is 11.7 Å². The van der Waals surface area contributed by atoms with Crippen LogP contribution in [0.3, 0.4) is 0 Å². The molecule has 0 spiro atoms. The van der Waals surface area contributed by atoms with Gasteiger partial charge in [-0.3, -0.25) is 0 Å². The molecule has 1 aliphatic heterocycles. The summed E-state index contributed by atoms with van der Waals surface area (Å²) in [5.41, 5.74) is -0.105. The molecule has 1 fully saturated rings. The fourth-order valence-electron chi connectivity index (χ4n) is 2.97. The van der Waals surface area contributed by atoms with Gasteiger partial charge in [-0.15, -0.1) is 0 Å². The van der Waals surface area contributed by atoms with Crippen LogP contribution in [-0.2, 0) is 6.18 Å². The van der Waals surface area contributed by atoms with Crippen molar-refractivity contribution in [2.75, 3.05) is 11.4 Å². The number of anilines is 1. The first-order valence-corrected chi connectivity index (χ1v) is 7.21. The summed E-state index contributed by atoms with van der Waals surface area (Å²) in [6.07, 6.45) is -2.90. The van der Waals surface area contributed by atoms with Gasteiger partial charge in [-0.2, -0.15) is 18.4 Å². The molecule has 1 aromatic carbocycles. The van der Waals surface area contributed by atoms with Gasteiger partial charge in [0, 0.05) is 18.3 Å². The Hall–Kier alpha value is -2.49. The zero-order valence-electron chi connectivity index (χ0n) is 12.4. The van der Waals surface area contributed by atoms with E-state index >= 15 is 0 Å². The highest BCUT2D eigenvalue weighted by Crippen LogP contribution is 2.39. The molecule has 0 radical (unpaired) electrons. The molecule has 1 saturated heterocycles. The van der Waals surface area contributed by atoms with E-state index in [2.05, 4.69) is 5.16 Å². The molecule has 120 valence electrons. The Balaban J connectivity index is 1.99. The second-order valence-electron chi connectivity index (χ2n) is 5.55. The van der Waals surface area contributed by atoms with E-state index in [0.29, 0.717) is 18.0 Å². The van der Waals surface area contributed by atoms with Crippen LogP contribution in [0.1, 0.15) is 41.5 Å². The quantitative estimate of drug-likeness (QED) is 0.831. The molecule has 7 heteroatoms. The van der Waals surface area contributed by atoms with Crippen LogP contribution < -0.4 is 4.90 Å². The van der Waals surface area contributed by atoms with Gasteiger partial charge in [-0.1, -0.05) is 5.16 Å². The third kappa shape index (κ3) is 2.89. The number of alkyl halides is 3. The average Bonchev–Trinajstić information content (AvgIpc) is 3.14. The van der Waals surface area contributed by atoms with Crippen molar-refractivity contribution in [1.29, 1.82) is 5.26 Å². The molecule has 1 aliphatic rings. The number of aromatic nitrogens is 1. The normalized spacial score (nSPS) is 18.2. The maximum Gasteiger partial charge on any atom is 0.417 e. The highest BCUT2D eigenvalue weighted by atomic mass is 19.4. The van der Waals surface area contributed by atoms with Gasteiger partial charge in [-0.25, -0.2) is 0 Å². The Bertz CT molecular complexity index is 761. The summed E-state index contributed by atoms with van der Waals surface area (Å²) in [5, 5.41) is 12.9. The first-order valence-electron chi connectivity index (χ1n) is 7.21. The smallest absolute Gasteiger partial charge is 0.363 e. The monoisotopic (exact) mass is 321 g/mol. The fourth-order valence-corrected chi connectivity index (χ4v) is 2.97. The van der Waals surface area contributed by atoms with Gasteiger partial charge in [0.25, 0.3) is 0 Å². The molecule has 0 bridgehead atoms. The van der Waals surface area contributed by atoms with Crippen LogP contribution in [0.15, 0.2) is 28.8 Å². The summed E-state index contributed by atoms with van der Waals surface area (Å²) in [6.45, 7) is 2.42. The lowest BCUT2D eigenvalue weighted by molar-refractivity contribution is -0.137. The summed E-state index contributed by atoms with van der Waals surface area (Å²) in [4.78, 5) is 1.88. The molecule has 4 nitrogen and oxygen atoms in total. The van der Waals surface area contributed by atoms with E-state index in [9.17, 15) is 13.2 Å². The summed E-state index contributed by atoms with van der Waals surface area (Å²) in [7, 11) is 0. The SMILES string of the molecule is Cc1cc([C@@H]2CCCN2c2ccc(C#N)c(C(F)(F)F)c2)no1. The minimum atomic E-state index is -4.55. The first kappa shape index (κ1) is 15.4. The lowest BCUT2D eigenvalue weighted by Crippen LogP contribution is -2.23. The Morgan fingerprint density at radius 1 is 1.35 bits per heavy atom. The molecular formula is C16H14F3N3O. The van der Waals surface area contributed by atoms with Gasteiger partial charge in [-0.05, 0) is 38.0 Å². The molecule has 0 N–H and O–H groups in total. The van der Waals surface area contributed by atoms with E-state index in [4.69, 9.17) is 9.78 Å².